The molecule has 0 heterocycles. The molecule has 3 aliphatic rings. The van der Waals surface area contributed by atoms with Crippen LogP contribution in [0.4, 0.5) is 0 Å². The Balaban J connectivity index is 1.93. The van der Waals surface area contributed by atoms with Gasteiger partial charge in [0.2, 0.25) is 0 Å². The third kappa shape index (κ3) is 1.67. The molecular formula is C15H26O2. The van der Waals surface area contributed by atoms with Crippen LogP contribution in [-0.2, 0) is 0 Å². The second-order valence-electron chi connectivity index (χ2n) is 8.10. The van der Waals surface area contributed by atoms with Crippen LogP contribution in [0.2, 0.25) is 0 Å². The number of fused-ring (bicyclic) bond motifs is 4. The Kier molecular flexibility index (Phi) is 2.30. The van der Waals surface area contributed by atoms with Gasteiger partial charge in [-0.3, -0.25) is 0 Å². The monoisotopic (exact) mass is 238 g/mol. The van der Waals surface area contributed by atoms with Crippen LogP contribution in [0.15, 0.2) is 0 Å². The van der Waals surface area contributed by atoms with Crippen molar-refractivity contribution in [1.82, 2.24) is 0 Å². The standard InChI is InChI=1S/C15H26O2/c1-13(2)8-12-11(13)4-5-14(3)6-10(16)7-15(12,17)9-14/h10-12,16-17H,4-9H2,1-3H3/t10-,11-,12-,14?,15?/m0/s1. The van der Waals surface area contributed by atoms with Crippen LogP contribution in [0.25, 0.3) is 0 Å². The van der Waals surface area contributed by atoms with Crippen LogP contribution in [0.3, 0.4) is 0 Å². The van der Waals surface area contributed by atoms with Gasteiger partial charge in [0.1, 0.15) is 0 Å². The van der Waals surface area contributed by atoms with Crippen molar-refractivity contribution in [1.29, 1.82) is 0 Å². The molecule has 3 fully saturated rings. The molecule has 0 spiro atoms. The summed E-state index contributed by atoms with van der Waals surface area (Å²) >= 11 is 0. The van der Waals surface area contributed by atoms with Crippen molar-refractivity contribution in [3.05, 3.63) is 0 Å². The Morgan fingerprint density at radius 3 is 2.35 bits per heavy atom. The highest BCUT2D eigenvalue weighted by molar-refractivity contribution is 5.11. The van der Waals surface area contributed by atoms with Gasteiger partial charge in [-0.05, 0) is 54.8 Å². The molecule has 0 aromatic carbocycles. The van der Waals surface area contributed by atoms with Crippen molar-refractivity contribution >= 4 is 0 Å². The van der Waals surface area contributed by atoms with E-state index < -0.39 is 5.60 Å². The van der Waals surface area contributed by atoms with Crippen molar-refractivity contribution in [3.63, 3.8) is 0 Å². The van der Waals surface area contributed by atoms with Gasteiger partial charge in [-0.25, -0.2) is 0 Å². The van der Waals surface area contributed by atoms with E-state index in [9.17, 15) is 10.2 Å². The summed E-state index contributed by atoms with van der Waals surface area (Å²) in [5.74, 6) is 1.11. The molecule has 0 aliphatic heterocycles. The first-order chi connectivity index (χ1) is 7.74. The van der Waals surface area contributed by atoms with Crippen LogP contribution >= 0.6 is 0 Å². The molecular weight excluding hydrogens is 212 g/mol. The molecule has 0 amide bonds. The summed E-state index contributed by atoms with van der Waals surface area (Å²) in [5.41, 5.74) is -0.0118. The Bertz CT molecular complexity index is 338. The van der Waals surface area contributed by atoms with Crippen molar-refractivity contribution < 1.29 is 10.2 Å². The van der Waals surface area contributed by atoms with Crippen LogP contribution in [0.5, 0.6) is 0 Å². The van der Waals surface area contributed by atoms with Crippen LogP contribution < -0.4 is 0 Å². The van der Waals surface area contributed by atoms with Gasteiger partial charge in [0.05, 0.1) is 11.7 Å². The molecule has 3 saturated carbocycles. The van der Waals surface area contributed by atoms with Crippen molar-refractivity contribution in [2.75, 3.05) is 0 Å². The first kappa shape index (κ1) is 12.0. The topological polar surface area (TPSA) is 40.5 Å². The second-order valence-corrected chi connectivity index (χ2v) is 8.10. The van der Waals surface area contributed by atoms with E-state index >= 15 is 0 Å². The third-order valence-electron chi connectivity index (χ3n) is 6.04. The van der Waals surface area contributed by atoms with Gasteiger partial charge in [0.25, 0.3) is 0 Å². The molecule has 2 bridgehead atoms. The van der Waals surface area contributed by atoms with Gasteiger partial charge in [-0.2, -0.15) is 0 Å². The van der Waals surface area contributed by atoms with Gasteiger partial charge in [-0.15, -0.1) is 0 Å². The number of hydrogen-bond donors (Lipinski definition) is 2. The Labute approximate surface area is 104 Å². The average molecular weight is 238 g/mol. The summed E-state index contributed by atoms with van der Waals surface area (Å²) in [6.45, 7) is 6.94. The summed E-state index contributed by atoms with van der Waals surface area (Å²) in [6.07, 6.45) is 5.67. The molecule has 0 radical (unpaired) electrons. The molecule has 3 rings (SSSR count). The number of rotatable bonds is 0. The van der Waals surface area contributed by atoms with Gasteiger partial charge in [-0.1, -0.05) is 20.8 Å². The van der Waals surface area contributed by atoms with Crippen molar-refractivity contribution in [3.8, 4) is 0 Å². The zero-order valence-electron chi connectivity index (χ0n) is 11.4. The predicted molar refractivity (Wildman–Crippen MR) is 67.5 cm³/mol. The van der Waals surface area contributed by atoms with E-state index in [2.05, 4.69) is 20.8 Å². The van der Waals surface area contributed by atoms with Crippen LogP contribution in [0, 0.1) is 22.7 Å². The molecule has 3 aliphatic carbocycles. The highest BCUT2D eigenvalue weighted by Crippen LogP contribution is 2.64. The van der Waals surface area contributed by atoms with Gasteiger partial charge in [0.15, 0.2) is 0 Å². The molecule has 2 unspecified atom stereocenters. The van der Waals surface area contributed by atoms with E-state index in [1.54, 1.807) is 0 Å². The lowest BCUT2D eigenvalue weighted by Gasteiger charge is -2.58. The lowest BCUT2D eigenvalue weighted by atomic mass is 9.49. The molecule has 17 heavy (non-hydrogen) atoms. The summed E-state index contributed by atoms with van der Waals surface area (Å²) in [5, 5.41) is 21.0. The molecule has 0 aromatic heterocycles. The zero-order chi connectivity index (χ0) is 12.5. The Hall–Kier alpha value is -0.0800. The molecule has 0 saturated heterocycles. The second kappa shape index (κ2) is 3.27. The SMILES string of the molecule is CC12CC[C@H]3[C@H](CC3(C)C)C(O)(C[C@@H](O)C1)C2. The van der Waals surface area contributed by atoms with Crippen molar-refractivity contribution in [2.45, 2.75) is 71.0 Å². The highest BCUT2D eigenvalue weighted by Gasteiger charge is 2.61. The lowest BCUT2D eigenvalue weighted by Crippen LogP contribution is -2.57. The minimum Gasteiger partial charge on any atom is -0.393 e. The van der Waals surface area contributed by atoms with E-state index in [1.807, 2.05) is 0 Å². The fourth-order valence-electron chi connectivity index (χ4n) is 5.31. The zero-order valence-corrected chi connectivity index (χ0v) is 11.4. The maximum atomic E-state index is 11.0. The molecule has 2 N–H and O–H groups in total. The quantitative estimate of drug-likeness (QED) is 0.681. The van der Waals surface area contributed by atoms with E-state index in [0.29, 0.717) is 23.7 Å². The normalized spacial score (nSPS) is 56.6. The molecule has 2 heteroatoms. The third-order valence-corrected chi connectivity index (χ3v) is 6.04. The summed E-state index contributed by atoms with van der Waals surface area (Å²) in [4.78, 5) is 0. The summed E-state index contributed by atoms with van der Waals surface area (Å²) < 4.78 is 0. The van der Waals surface area contributed by atoms with Gasteiger partial charge < -0.3 is 10.2 Å². The minimum atomic E-state index is -0.580. The first-order valence-electron chi connectivity index (χ1n) is 7.15. The number of aliphatic hydroxyl groups is 2. The number of hydrogen-bond acceptors (Lipinski definition) is 2. The Morgan fingerprint density at radius 2 is 1.71 bits per heavy atom. The van der Waals surface area contributed by atoms with Crippen LogP contribution in [0.1, 0.15) is 59.3 Å². The van der Waals surface area contributed by atoms with E-state index in [1.165, 1.54) is 12.8 Å². The molecule has 0 aromatic rings. The number of aliphatic hydroxyl groups excluding tert-OH is 1. The fraction of sp³-hybridized carbons (Fsp3) is 1.00. The summed E-state index contributed by atoms with van der Waals surface area (Å²) in [7, 11) is 0. The fourth-order valence-corrected chi connectivity index (χ4v) is 5.31. The maximum absolute atomic E-state index is 11.0. The minimum absolute atomic E-state index is 0.167. The average Bonchev–Trinajstić information content (AvgIpc) is 2.17. The smallest absolute Gasteiger partial charge is 0.0708 e. The Morgan fingerprint density at radius 1 is 1.00 bits per heavy atom. The predicted octanol–water partition coefficient (Wildman–Crippen LogP) is 2.72. The maximum Gasteiger partial charge on any atom is 0.0708 e. The lowest BCUT2D eigenvalue weighted by molar-refractivity contribution is -0.178. The summed E-state index contributed by atoms with van der Waals surface area (Å²) in [6, 6.07) is 0. The van der Waals surface area contributed by atoms with Crippen LogP contribution in [-0.4, -0.2) is 21.9 Å². The first-order valence-corrected chi connectivity index (χ1v) is 7.15. The van der Waals surface area contributed by atoms with Gasteiger partial charge in [0, 0.05) is 6.42 Å². The largest absolute Gasteiger partial charge is 0.393 e. The highest BCUT2D eigenvalue weighted by atomic mass is 16.3. The molecule has 98 valence electrons. The van der Waals surface area contributed by atoms with Crippen molar-refractivity contribution in [2.24, 2.45) is 22.7 Å². The van der Waals surface area contributed by atoms with Gasteiger partial charge >= 0.3 is 0 Å². The van der Waals surface area contributed by atoms with E-state index in [4.69, 9.17) is 0 Å². The van der Waals surface area contributed by atoms with E-state index in [-0.39, 0.29) is 11.5 Å². The molecule has 2 nitrogen and oxygen atoms in total. The molecule has 5 atom stereocenters. The van der Waals surface area contributed by atoms with E-state index in [0.717, 1.165) is 19.3 Å².